The summed E-state index contributed by atoms with van der Waals surface area (Å²) in [6.07, 6.45) is -0.0866. The highest BCUT2D eigenvalue weighted by molar-refractivity contribution is 7.81. The van der Waals surface area contributed by atoms with E-state index in [0.29, 0.717) is 45.6 Å². The fourth-order valence-electron chi connectivity index (χ4n) is 5.01. The van der Waals surface area contributed by atoms with Crippen LogP contribution < -0.4 is 10.6 Å². The Labute approximate surface area is 322 Å². The Balaban J connectivity index is 0. The lowest BCUT2D eigenvalue weighted by Crippen LogP contribution is -2.37. The molecule has 0 bridgehead atoms. The first-order chi connectivity index (χ1) is 24.8. The molecule has 0 aliphatic heterocycles. The van der Waals surface area contributed by atoms with Crippen molar-refractivity contribution in [2.24, 2.45) is 0 Å². The van der Waals surface area contributed by atoms with Crippen LogP contribution in [0.15, 0.2) is 0 Å². The second-order valence-electron chi connectivity index (χ2n) is 14.0. The fourth-order valence-corrected chi connectivity index (χ4v) is 17.4. The van der Waals surface area contributed by atoms with Crippen LogP contribution in [0.5, 0.6) is 0 Å². The first kappa shape index (κ1) is 54.3. The molecule has 0 saturated heterocycles. The molecule has 0 saturated carbocycles. The highest BCUT2D eigenvalue weighted by atomic mass is 31.2. The quantitative estimate of drug-likeness (QED) is 0.0550. The third-order valence-electron chi connectivity index (χ3n) is 7.27. The first-order valence-electron chi connectivity index (χ1n) is 17.9. The van der Waals surface area contributed by atoms with Crippen molar-refractivity contribution in [2.45, 2.75) is 50.6 Å². The van der Waals surface area contributed by atoms with Gasteiger partial charge >= 0.3 is 24.1 Å². The number of esters is 2. The van der Waals surface area contributed by atoms with Crippen molar-refractivity contribution in [1.29, 1.82) is 0 Å². The van der Waals surface area contributed by atoms with E-state index in [1.165, 1.54) is 53.3 Å². The molecule has 0 atom stereocenters. The van der Waals surface area contributed by atoms with E-state index in [0.717, 1.165) is 0 Å². The standard InChI is InChI=1S/C18H36N2O8P2.C14H32N2O6P2/c1-7-26-15(21)9-11-20(12-10-16(22)27-8-2)13-14-28-17(23)19-18(29(3,4)24)30(5,6)25;1-23(2,20)14(24(3,4)21)15-13(19)22-12-9-16(7-5-10-17)8-6-11-18/h18H,7-14H2,1-6H3,(H,19,23);14,17-18H,5-12H2,1-4H3,(H,15,19). The molecule has 18 nitrogen and oxygen atoms in total. The van der Waals surface area contributed by atoms with Gasteiger partial charge in [-0.05, 0) is 80.0 Å². The zero-order valence-electron chi connectivity index (χ0n) is 33.9. The molecule has 0 aromatic carbocycles. The van der Waals surface area contributed by atoms with E-state index in [1.54, 1.807) is 18.7 Å². The van der Waals surface area contributed by atoms with Crippen molar-refractivity contribution in [3.63, 3.8) is 0 Å². The average molecular weight is 857 g/mol. The van der Waals surface area contributed by atoms with E-state index in [4.69, 9.17) is 29.2 Å². The van der Waals surface area contributed by atoms with Gasteiger partial charge in [-0.1, -0.05) is 0 Å². The molecule has 0 radical (unpaired) electrons. The Kier molecular flexibility index (Phi) is 27.9. The van der Waals surface area contributed by atoms with Crippen LogP contribution >= 0.6 is 28.6 Å². The minimum Gasteiger partial charge on any atom is -0.466 e. The highest BCUT2D eigenvalue weighted by Crippen LogP contribution is 2.60. The number of hydrogen-bond donors (Lipinski definition) is 4. The zero-order valence-corrected chi connectivity index (χ0v) is 37.5. The topological polar surface area (TPSA) is 244 Å². The molecular formula is C32H68N4O14P4. The molecular weight excluding hydrogens is 788 g/mol. The van der Waals surface area contributed by atoms with Gasteiger partial charge < -0.3 is 58.1 Å². The van der Waals surface area contributed by atoms with Gasteiger partial charge in [-0.2, -0.15) is 0 Å². The normalized spacial score (nSPS) is 12.3. The minimum absolute atomic E-state index is 0.0281. The number of carbonyl (C=O) groups is 4. The molecule has 0 fully saturated rings. The van der Waals surface area contributed by atoms with Crippen molar-refractivity contribution in [2.75, 3.05) is 132 Å². The summed E-state index contributed by atoms with van der Waals surface area (Å²) in [6.45, 7) is 18.7. The summed E-state index contributed by atoms with van der Waals surface area (Å²) < 4.78 is 69.2. The molecule has 0 aromatic heterocycles. The highest BCUT2D eigenvalue weighted by Gasteiger charge is 2.36. The maximum absolute atomic E-state index is 12.3. The number of ether oxygens (including phenoxy) is 4. The molecule has 0 aliphatic carbocycles. The number of nitrogens with zero attached hydrogens (tertiary/aromatic N) is 2. The van der Waals surface area contributed by atoms with Crippen LogP contribution in [0.1, 0.15) is 39.5 Å². The number of aliphatic hydroxyl groups excluding tert-OH is 2. The summed E-state index contributed by atoms with van der Waals surface area (Å²) in [5.74, 6) is -0.716. The largest absolute Gasteiger partial charge is 0.466 e. The van der Waals surface area contributed by atoms with Crippen molar-refractivity contribution in [1.82, 2.24) is 20.4 Å². The Morgan fingerprint density at radius 2 is 0.815 bits per heavy atom. The van der Waals surface area contributed by atoms with Crippen molar-refractivity contribution in [3.05, 3.63) is 0 Å². The molecule has 0 spiro atoms. The summed E-state index contributed by atoms with van der Waals surface area (Å²) >= 11 is 0. The molecule has 4 N–H and O–H groups in total. The lowest BCUT2D eigenvalue weighted by Gasteiger charge is -2.26. The van der Waals surface area contributed by atoms with Gasteiger partial charge in [-0.15, -0.1) is 0 Å². The van der Waals surface area contributed by atoms with Crippen LogP contribution in [0.3, 0.4) is 0 Å². The van der Waals surface area contributed by atoms with Gasteiger partial charge in [-0.3, -0.25) is 19.4 Å². The summed E-state index contributed by atoms with van der Waals surface area (Å²) in [7, 11) is -11.2. The van der Waals surface area contributed by atoms with Crippen LogP contribution in [-0.4, -0.2) is 187 Å². The van der Waals surface area contributed by atoms with Gasteiger partial charge in [0.2, 0.25) is 0 Å². The molecule has 2 amide bonds. The van der Waals surface area contributed by atoms with Crippen molar-refractivity contribution >= 4 is 52.7 Å². The number of hydrogen-bond acceptors (Lipinski definition) is 16. The summed E-state index contributed by atoms with van der Waals surface area (Å²) in [5, 5.41) is 22.7. The molecule has 22 heteroatoms. The minimum atomic E-state index is -2.85. The summed E-state index contributed by atoms with van der Waals surface area (Å²) in [4.78, 5) is 50.9. The second-order valence-corrected chi connectivity index (χ2v) is 28.3. The van der Waals surface area contributed by atoms with Crippen LogP contribution in [0.2, 0.25) is 0 Å². The van der Waals surface area contributed by atoms with Crippen molar-refractivity contribution < 1.29 is 66.6 Å². The molecule has 320 valence electrons. The second kappa shape index (κ2) is 27.8. The molecule has 0 heterocycles. The van der Waals surface area contributed by atoms with E-state index < -0.39 is 51.8 Å². The van der Waals surface area contributed by atoms with E-state index >= 15 is 0 Å². The van der Waals surface area contributed by atoms with Gasteiger partial charge in [0, 0.05) is 52.5 Å². The van der Waals surface area contributed by atoms with Gasteiger partial charge in [0.1, 0.15) is 52.8 Å². The summed E-state index contributed by atoms with van der Waals surface area (Å²) in [5.41, 5.74) is -1.85. The number of rotatable bonds is 26. The zero-order chi connectivity index (χ0) is 42.2. The Hall–Kier alpha value is -1.76. The van der Waals surface area contributed by atoms with Gasteiger partial charge in [0.25, 0.3) is 0 Å². The van der Waals surface area contributed by atoms with E-state index in [9.17, 15) is 37.4 Å². The Morgan fingerprint density at radius 3 is 1.07 bits per heavy atom. The number of alkyl carbamates (subject to hydrolysis) is 2. The fraction of sp³-hybridized carbons (Fsp3) is 0.875. The lowest BCUT2D eigenvalue weighted by molar-refractivity contribution is -0.143. The lowest BCUT2D eigenvalue weighted by atomic mass is 10.3. The van der Waals surface area contributed by atoms with Crippen LogP contribution in [-0.2, 0) is 46.8 Å². The predicted molar refractivity (Wildman–Crippen MR) is 213 cm³/mol. The van der Waals surface area contributed by atoms with E-state index in [1.807, 2.05) is 4.90 Å². The van der Waals surface area contributed by atoms with Gasteiger partial charge in [-0.25, -0.2) is 9.59 Å². The number of nitrogens with one attached hydrogen (secondary N) is 2. The number of aliphatic hydroxyl groups is 2. The van der Waals surface area contributed by atoms with Crippen LogP contribution in [0.25, 0.3) is 0 Å². The predicted octanol–water partition coefficient (Wildman–Crippen LogP) is 3.76. The Bertz CT molecular complexity index is 1240. The number of carbonyl (C=O) groups excluding carboxylic acids is 4. The summed E-state index contributed by atoms with van der Waals surface area (Å²) in [6, 6.07) is 0. The molecule has 0 aliphatic rings. The van der Waals surface area contributed by atoms with Crippen LogP contribution in [0, 0.1) is 0 Å². The Morgan fingerprint density at radius 1 is 0.519 bits per heavy atom. The van der Waals surface area contributed by atoms with E-state index in [2.05, 4.69) is 10.6 Å². The molecule has 54 heavy (non-hydrogen) atoms. The SMILES string of the molecule is CCOC(=O)CCN(CCOC(=O)NC(P(C)(C)=O)P(C)(C)=O)CCC(=O)OCC.CP(C)(=O)C(NC(=O)OCCN(CCCO)CCCO)P(C)(C)=O. The van der Waals surface area contributed by atoms with E-state index in [-0.39, 0.29) is 71.0 Å². The smallest absolute Gasteiger partial charge is 0.408 e. The molecule has 0 rings (SSSR count). The third-order valence-corrected chi connectivity index (χ3v) is 19.2. The maximum Gasteiger partial charge on any atom is 0.408 e. The number of amides is 2. The maximum atomic E-state index is 12.3. The monoisotopic (exact) mass is 856 g/mol. The van der Waals surface area contributed by atoms with Gasteiger partial charge in [0.05, 0.1) is 26.1 Å². The molecule has 0 aromatic rings. The van der Waals surface area contributed by atoms with Crippen molar-refractivity contribution in [3.8, 4) is 0 Å². The first-order valence-corrected chi connectivity index (χ1v) is 28.5. The third kappa shape index (κ3) is 27.8. The van der Waals surface area contributed by atoms with Crippen LogP contribution in [0.4, 0.5) is 9.59 Å². The van der Waals surface area contributed by atoms with Gasteiger partial charge in [0.15, 0.2) is 0 Å². The average Bonchev–Trinajstić information content (AvgIpc) is 3.03. The molecule has 0 unspecified atom stereocenters.